The highest BCUT2D eigenvalue weighted by molar-refractivity contribution is 9.10. The molecule has 2 N–H and O–H groups in total. The molecule has 2 aromatic rings. The average molecular weight is 373 g/mol. The third-order valence-corrected chi connectivity index (χ3v) is 4.96. The van der Waals surface area contributed by atoms with Crippen LogP contribution in [0.4, 0.5) is 10.1 Å². The molecule has 0 saturated heterocycles. The van der Waals surface area contributed by atoms with Crippen LogP contribution in [0.15, 0.2) is 51.8 Å². The summed E-state index contributed by atoms with van der Waals surface area (Å²) in [6.07, 6.45) is 0. The summed E-state index contributed by atoms with van der Waals surface area (Å²) in [5.74, 6) is -0.514. The third kappa shape index (κ3) is 3.81. The number of halogens is 2. The van der Waals surface area contributed by atoms with Gasteiger partial charge in [0.05, 0.1) is 10.6 Å². The fraction of sp³-hybridized carbons (Fsp3) is 0.143. The van der Waals surface area contributed by atoms with Crippen molar-refractivity contribution in [2.45, 2.75) is 11.4 Å². The summed E-state index contributed by atoms with van der Waals surface area (Å²) in [6.45, 7) is 0.418. The Balaban J connectivity index is 2.41. The molecule has 7 heteroatoms. The minimum absolute atomic E-state index is 0.161. The van der Waals surface area contributed by atoms with Crippen LogP contribution < -0.4 is 10.0 Å². The predicted octanol–water partition coefficient (Wildman–Crippen LogP) is 3.11. The zero-order valence-corrected chi connectivity index (χ0v) is 13.6. The van der Waals surface area contributed by atoms with Crippen LogP contribution in [0.2, 0.25) is 0 Å². The van der Waals surface area contributed by atoms with Crippen LogP contribution in [0.1, 0.15) is 5.56 Å². The molecule has 0 saturated carbocycles. The molecule has 0 atom stereocenters. The Hall–Kier alpha value is -1.44. The van der Waals surface area contributed by atoms with Crippen LogP contribution >= 0.6 is 15.9 Å². The van der Waals surface area contributed by atoms with E-state index in [1.54, 1.807) is 25.2 Å². The Labute approximate surface area is 131 Å². The van der Waals surface area contributed by atoms with E-state index in [1.165, 1.54) is 18.2 Å². The van der Waals surface area contributed by atoms with Gasteiger partial charge in [0, 0.05) is 11.0 Å². The first-order valence-corrected chi connectivity index (χ1v) is 8.42. The van der Waals surface area contributed by atoms with Crippen LogP contribution in [-0.4, -0.2) is 15.5 Å². The maximum absolute atomic E-state index is 13.3. The fourth-order valence-electron chi connectivity index (χ4n) is 1.88. The number of anilines is 1. The van der Waals surface area contributed by atoms with Crippen molar-refractivity contribution in [2.24, 2.45) is 0 Å². The van der Waals surface area contributed by atoms with E-state index >= 15 is 0 Å². The molecule has 0 heterocycles. The van der Waals surface area contributed by atoms with E-state index in [-0.39, 0.29) is 10.6 Å². The van der Waals surface area contributed by atoms with Crippen LogP contribution in [0.5, 0.6) is 0 Å². The van der Waals surface area contributed by atoms with Gasteiger partial charge in [-0.25, -0.2) is 12.8 Å². The fourth-order valence-corrected chi connectivity index (χ4v) is 3.67. The Morgan fingerprint density at radius 3 is 2.62 bits per heavy atom. The van der Waals surface area contributed by atoms with Gasteiger partial charge < -0.3 is 5.32 Å². The number of sulfonamides is 1. The lowest BCUT2D eigenvalue weighted by atomic mass is 10.2. The quantitative estimate of drug-likeness (QED) is 0.847. The largest absolute Gasteiger partial charge is 0.316 e. The minimum atomic E-state index is -3.79. The maximum Gasteiger partial charge on any atom is 0.262 e. The highest BCUT2D eigenvalue weighted by Crippen LogP contribution is 2.26. The Morgan fingerprint density at radius 1 is 1.19 bits per heavy atom. The zero-order valence-electron chi connectivity index (χ0n) is 11.2. The number of benzene rings is 2. The van der Waals surface area contributed by atoms with Gasteiger partial charge in [0.1, 0.15) is 5.82 Å². The van der Waals surface area contributed by atoms with Crippen LogP contribution in [0.25, 0.3) is 0 Å². The van der Waals surface area contributed by atoms with Crippen molar-refractivity contribution in [3.8, 4) is 0 Å². The molecule has 0 fully saturated rings. The topological polar surface area (TPSA) is 58.2 Å². The lowest BCUT2D eigenvalue weighted by Crippen LogP contribution is -2.17. The maximum atomic E-state index is 13.3. The summed E-state index contributed by atoms with van der Waals surface area (Å²) in [5.41, 5.74) is 0.800. The molecule has 0 radical (unpaired) electrons. The normalized spacial score (nSPS) is 11.4. The Kier molecular flexibility index (Phi) is 4.97. The summed E-state index contributed by atoms with van der Waals surface area (Å²) in [5, 5.41) is 2.92. The van der Waals surface area contributed by atoms with E-state index in [0.717, 1.165) is 6.07 Å². The third-order valence-electron chi connectivity index (χ3n) is 2.80. The molecule has 0 amide bonds. The zero-order chi connectivity index (χ0) is 15.5. The Bertz CT molecular complexity index is 750. The minimum Gasteiger partial charge on any atom is -0.316 e. The van der Waals surface area contributed by atoms with Gasteiger partial charge in [-0.15, -0.1) is 0 Å². The molecule has 0 spiro atoms. The van der Waals surface area contributed by atoms with Gasteiger partial charge in [0.25, 0.3) is 10.0 Å². The van der Waals surface area contributed by atoms with Gasteiger partial charge in [-0.3, -0.25) is 4.72 Å². The summed E-state index contributed by atoms with van der Waals surface area (Å²) >= 11 is 3.20. The van der Waals surface area contributed by atoms with Crippen LogP contribution in [-0.2, 0) is 16.6 Å². The number of rotatable bonds is 5. The van der Waals surface area contributed by atoms with Crippen LogP contribution in [0, 0.1) is 5.82 Å². The van der Waals surface area contributed by atoms with Crippen molar-refractivity contribution in [3.05, 3.63) is 58.3 Å². The van der Waals surface area contributed by atoms with Crippen molar-refractivity contribution < 1.29 is 12.8 Å². The van der Waals surface area contributed by atoms with Gasteiger partial charge in [0.15, 0.2) is 0 Å². The molecular formula is C14H14BrFN2O2S. The molecule has 0 aliphatic carbocycles. The first-order chi connectivity index (χ1) is 9.94. The van der Waals surface area contributed by atoms with Gasteiger partial charge in [-0.05, 0) is 52.8 Å². The summed E-state index contributed by atoms with van der Waals surface area (Å²) in [6, 6.07) is 10.5. The second kappa shape index (κ2) is 6.55. The number of hydrogen-bond donors (Lipinski definition) is 2. The lowest BCUT2D eigenvalue weighted by Gasteiger charge is -2.13. The van der Waals surface area contributed by atoms with Crippen molar-refractivity contribution in [1.29, 1.82) is 0 Å². The smallest absolute Gasteiger partial charge is 0.262 e. The van der Waals surface area contributed by atoms with Crippen molar-refractivity contribution in [1.82, 2.24) is 5.32 Å². The Morgan fingerprint density at radius 2 is 1.90 bits per heavy atom. The van der Waals surface area contributed by atoms with Gasteiger partial charge in [-0.2, -0.15) is 0 Å². The first-order valence-electron chi connectivity index (χ1n) is 6.14. The van der Waals surface area contributed by atoms with Gasteiger partial charge in [0.2, 0.25) is 0 Å². The van der Waals surface area contributed by atoms with E-state index in [4.69, 9.17) is 0 Å². The van der Waals surface area contributed by atoms with Crippen molar-refractivity contribution in [2.75, 3.05) is 11.8 Å². The molecule has 0 aliphatic heterocycles. The standard InChI is InChI=1S/C14H14BrFN2O2S/c1-17-9-10-4-2-3-5-14(10)21(19,20)18-13-8-11(16)6-7-12(13)15/h2-8,17-18H,9H2,1H3. The van der Waals surface area contributed by atoms with Gasteiger partial charge >= 0.3 is 0 Å². The second-order valence-electron chi connectivity index (χ2n) is 4.37. The summed E-state index contributed by atoms with van der Waals surface area (Å²) in [7, 11) is -2.06. The van der Waals surface area contributed by atoms with Gasteiger partial charge in [-0.1, -0.05) is 18.2 Å². The average Bonchev–Trinajstić information content (AvgIpc) is 2.43. The molecule has 2 aromatic carbocycles. The predicted molar refractivity (Wildman–Crippen MR) is 84.1 cm³/mol. The molecule has 21 heavy (non-hydrogen) atoms. The molecule has 0 bridgehead atoms. The molecule has 0 unspecified atom stereocenters. The summed E-state index contributed by atoms with van der Waals surface area (Å²) < 4.78 is 41.1. The molecule has 0 aliphatic rings. The van der Waals surface area contributed by atoms with Crippen molar-refractivity contribution in [3.63, 3.8) is 0 Å². The molecular weight excluding hydrogens is 359 g/mol. The first kappa shape index (κ1) is 15.9. The van der Waals surface area contributed by atoms with Crippen molar-refractivity contribution >= 4 is 31.6 Å². The van der Waals surface area contributed by atoms with E-state index in [9.17, 15) is 12.8 Å². The van der Waals surface area contributed by atoms with E-state index in [2.05, 4.69) is 26.0 Å². The molecule has 0 aromatic heterocycles. The number of nitrogens with one attached hydrogen (secondary N) is 2. The highest BCUT2D eigenvalue weighted by atomic mass is 79.9. The summed E-state index contributed by atoms with van der Waals surface area (Å²) in [4.78, 5) is 0.163. The van der Waals surface area contributed by atoms with E-state index < -0.39 is 15.8 Å². The molecule has 4 nitrogen and oxygen atoms in total. The van der Waals surface area contributed by atoms with E-state index in [0.29, 0.717) is 16.6 Å². The highest BCUT2D eigenvalue weighted by Gasteiger charge is 2.19. The number of hydrogen-bond acceptors (Lipinski definition) is 3. The van der Waals surface area contributed by atoms with Crippen LogP contribution in [0.3, 0.4) is 0 Å². The SMILES string of the molecule is CNCc1ccccc1S(=O)(=O)Nc1cc(F)ccc1Br. The molecule has 112 valence electrons. The van der Waals surface area contributed by atoms with E-state index in [1.807, 2.05) is 0 Å². The molecule has 2 rings (SSSR count). The monoisotopic (exact) mass is 372 g/mol. The lowest BCUT2D eigenvalue weighted by molar-refractivity contribution is 0.599. The second-order valence-corrected chi connectivity index (χ2v) is 6.87.